The number of methoxy groups -OCH3 is 1. The smallest absolute Gasteiger partial charge is 0.271 e. The normalized spacial score (nSPS) is 10.7. The molecule has 0 radical (unpaired) electrons. The van der Waals surface area contributed by atoms with Crippen molar-refractivity contribution in [3.05, 3.63) is 62.0 Å². The average Bonchev–Trinajstić information content (AvgIpc) is 2.47. The van der Waals surface area contributed by atoms with Gasteiger partial charge in [-0.3, -0.25) is 4.79 Å². The number of halogens is 2. The summed E-state index contributed by atoms with van der Waals surface area (Å²) in [6.07, 6.45) is 1.54. The van der Waals surface area contributed by atoms with Crippen LogP contribution in [-0.2, 0) is 0 Å². The van der Waals surface area contributed by atoms with Crippen LogP contribution in [0.1, 0.15) is 21.5 Å². The molecule has 0 aromatic heterocycles. The van der Waals surface area contributed by atoms with Crippen molar-refractivity contribution in [2.75, 3.05) is 7.11 Å². The molecule has 2 aromatic carbocycles. The molecule has 0 fully saturated rings. The molecular weight excluding hydrogens is 412 g/mol. The van der Waals surface area contributed by atoms with Gasteiger partial charge >= 0.3 is 0 Å². The van der Waals surface area contributed by atoms with E-state index < -0.39 is 0 Å². The van der Waals surface area contributed by atoms with Crippen molar-refractivity contribution in [1.29, 1.82) is 0 Å². The number of nitrogens with zero attached hydrogens (tertiary/aromatic N) is 1. The fourth-order valence-electron chi connectivity index (χ4n) is 1.82. The maximum absolute atomic E-state index is 12.0. The van der Waals surface area contributed by atoms with E-state index in [2.05, 4.69) is 42.4 Å². The highest BCUT2D eigenvalue weighted by Crippen LogP contribution is 2.31. The predicted octanol–water partition coefficient (Wildman–Crippen LogP) is 4.29. The third kappa shape index (κ3) is 4.18. The lowest BCUT2D eigenvalue weighted by molar-refractivity contribution is 0.0955. The van der Waals surface area contributed by atoms with Crippen molar-refractivity contribution >= 4 is 44.0 Å². The molecule has 1 N–H and O–H groups in total. The van der Waals surface area contributed by atoms with E-state index in [4.69, 9.17) is 4.74 Å². The van der Waals surface area contributed by atoms with Crippen LogP contribution >= 0.6 is 31.9 Å². The first kappa shape index (κ1) is 16.7. The first-order valence-corrected chi connectivity index (χ1v) is 8.03. The van der Waals surface area contributed by atoms with Gasteiger partial charge in [0.25, 0.3) is 5.91 Å². The second-order valence-electron chi connectivity index (χ2n) is 4.58. The van der Waals surface area contributed by atoms with Crippen LogP contribution in [0.15, 0.2) is 50.4 Å². The number of ether oxygens (including phenoxy) is 1. The summed E-state index contributed by atoms with van der Waals surface area (Å²) in [6, 6.07) is 11.0. The van der Waals surface area contributed by atoms with Gasteiger partial charge in [-0.1, -0.05) is 33.6 Å². The zero-order chi connectivity index (χ0) is 16.1. The molecule has 0 heterocycles. The van der Waals surface area contributed by atoms with Gasteiger partial charge in [0.15, 0.2) is 0 Å². The number of benzene rings is 2. The summed E-state index contributed by atoms with van der Waals surface area (Å²) in [4.78, 5) is 12.0. The van der Waals surface area contributed by atoms with Crippen molar-refractivity contribution in [2.45, 2.75) is 6.92 Å². The van der Waals surface area contributed by atoms with E-state index in [-0.39, 0.29) is 5.91 Å². The Bertz CT molecular complexity index is 713. The van der Waals surface area contributed by atoms with E-state index in [9.17, 15) is 4.79 Å². The summed E-state index contributed by atoms with van der Waals surface area (Å²) in [5.41, 5.74) is 4.91. The van der Waals surface area contributed by atoms with Crippen molar-refractivity contribution in [3.8, 4) is 5.75 Å². The van der Waals surface area contributed by atoms with Crippen molar-refractivity contribution in [2.24, 2.45) is 5.10 Å². The van der Waals surface area contributed by atoms with Gasteiger partial charge in [-0.2, -0.15) is 5.10 Å². The first-order chi connectivity index (χ1) is 10.5. The average molecular weight is 426 g/mol. The second kappa shape index (κ2) is 7.56. The van der Waals surface area contributed by atoms with Crippen LogP contribution in [0, 0.1) is 6.92 Å². The predicted molar refractivity (Wildman–Crippen MR) is 94.6 cm³/mol. The largest absolute Gasteiger partial charge is 0.495 e. The Kier molecular flexibility index (Phi) is 5.74. The molecule has 0 saturated carbocycles. The first-order valence-electron chi connectivity index (χ1n) is 6.44. The highest BCUT2D eigenvalue weighted by molar-refractivity contribution is 9.11. The highest BCUT2D eigenvalue weighted by Gasteiger charge is 2.08. The van der Waals surface area contributed by atoms with Crippen LogP contribution in [0.4, 0.5) is 0 Å². The lowest BCUT2D eigenvalue weighted by Crippen LogP contribution is -2.17. The zero-order valence-electron chi connectivity index (χ0n) is 12.1. The van der Waals surface area contributed by atoms with Crippen LogP contribution < -0.4 is 10.2 Å². The number of hydrazone groups is 1. The van der Waals surface area contributed by atoms with Crippen LogP contribution in [0.25, 0.3) is 0 Å². The molecule has 6 heteroatoms. The number of hydrogen-bond acceptors (Lipinski definition) is 3. The van der Waals surface area contributed by atoms with E-state index in [1.165, 1.54) is 0 Å². The zero-order valence-corrected chi connectivity index (χ0v) is 15.2. The molecule has 2 rings (SSSR count). The number of rotatable bonds is 4. The summed E-state index contributed by atoms with van der Waals surface area (Å²) in [7, 11) is 1.58. The number of amides is 1. The minimum atomic E-state index is -0.260. The van der Waals surface area contributed by atoms with E-state index >= 15 is 0 Å². The van der Waals surface area contributed by atoms with E-state index in [0.717, 1.165) is 20.1 Å². The molecular formula is C16H14Br2N2O2. The maximum atomic E-state index is 12.0. The molecule has 0 unspecified atom stereocenters. The Morgan fingerprint density at radius 3 is 2.55 bits per heavy atom. The molecule has 114 valence electrons. The van der Waals surface area contributed by atoms with E-state index in [1.807, 2.05) is 31.2 Å². The maximum Gasteiger partial charge on any atom is 0.271 e. The van der Waals surface area contributed by atoms with Gasteiger partial charge in [0.1, 0.15) is 5.75 Å². The topological polar surface area (TPSA) is 50.7 Å². The van der Waals surface area contributed by atoms with Gasteiger partial charge in [-0.05, 0) is 47.1 Å². The Morgan fingerprint density at radius 2 is 1.91 bits per heavy atom. The quantitative estimate of drug-likeness (QED) is 0.586. The van der Waals surface area contributed by atoms with Crippen LogP contribution in [0.3, 0.4) is 0 Å². The summed E-state index contributed by atoms with van der Waals surface area (Å²) < 4.78 is 7.00. The Morgan fingerprint density at radius 1 is 1.23 bits per heavy atom. The number of hydrogen-bond donors (Lipinski definition) is 1. The van der Waals surface area contributed by atoms with Crippen LogP contribution in [0.5, 0.6) is 5.75 Å². The summed E-state index contributed by atoms with van der Waals surface area (Å²) in [6.45, 7) is 1.97. The molecule has 0 atom stereocenters. The van der Waals surface area contributed by atoms with Crippen molar-refractivity contribution < 1.29 is 9.53 Å². The van der Waals surface area contributed by atoms with Crippen molar-refractivity contribution in [3.63, 3.8) is 0 Å². The Hall–Kier alpha value is -1.66. The Balaban J connectivity index is 2.12. The molecule has 0 bridgehead atoms. The molecule has 0 aliphatic carbocycles. The molecule has 2 aromatic rings. The van der Waals surface area contributed by atoms with Gasteiger partial charge in [0.05, 0.1) is 17.8 Å². The fourth-order valence-corrected chi connectivity index (χ4v) is 3.24. The molecule has 0 aliphatic rings. The third-order valence-electron chi connectivity index (χ3n) is 2.92. The summed E-state index contributed by atoms with van der Waals surface area (Å²) in [5.74, 6) is 0.390. The number of nitrogens with one attached hydrogen (secondary N) is 1. The number of aryl methyl sites for hydroxylation is 1. The second-order valence-corrected chi connectivity index (χ2v) is 6.35. The van der Waals surface area contributed by atoms with Gasteiger partial charge in [-0.15, -0.1) is 0 Å². The highest BCUT2D eigenvalue weighted by atomic mass is 79.9. The molecule has 22 heavy (non-hydrogen) atoms. The van der Waals surface area contributed by atoms with E-state index in [1.54, 1.807) is 25.5 Å². The van der Waals surface area contributed by atoms with Gasteiger partial charge in [-0.25, -0.2) is 5.43 Å². The standard InChI is InChI=1S/C16H14Br2N2O2/c1-10-3-5-11(6-4-10)16(21)20-19-9-12-7-13(17)8-14(18)15(12)22-2/h3-9H,1-2H3,(H,20,21)/b19-9+. The molecule has 0 aliphatic heterocycles. The minimum absolute atomic E-state index is 0.260. The molecule has 0 saturated heterocycles. The SMILES string of the molecule is COc1c(Br)cc(Br)cc1/C=N/NC(=O)c1ccc(C)cc1. The Labute approximate surface area is 145 Å². The monoisotopic (exact) mass is 424 g/mol. The van der Waals surface area contributed by atoms with Crippen LogP contribution in [0.2, 0.25) is 0 Å². The molecule has 1 amide bonds. The van der Waals surface area contributed by atoms with Crippen LogP contribution in [-0.4, -0.2) is 19.2 Å². The number of carbonyl (C=O) groups is 1. The van der Waals surface area contributed by atoms with Crippen molar-refractivity contribution in [1.82, 2.24) is 5.43 Å². The minimum Gasteiger partial charge on any atom is -0.495 e. The lowest BCUT2D eigenvalue weighted by atomic mass is 10.1. The molecule has 0 spiro atoms. The third-order valence-corrected chi connectivity index (χ3v) is 3.97. The van der Waals surface area contributed by atoms with E-state index in [0.29, 0.717) is 11.3 Å². The summed E-state index contributed by atoms with van der Waals surface area (Å²) >= 11 is 6.82. The number of carbonyl (C=O) groups excluding carboxylic acids is 1. The lowest BCUT2D eigenvalue weighted by Gasteiger charge is -2.07. The van der Waals surface area contributed by atoms with Gasteiger partial charge < -0.3 is 4.74 Å². The van der Waals surface area contributed by atoms with Gasteiger partial charge in [0, 0.05) is 15.6 Å². The fraction of sp³-hybridized carbons (Fsp3) is 0.125. The van der Waals surface area contributed by atoms with Gasteiger partial charge in [0.2, 0.25) is 0 Å². The summed E-state index contributed by atoms with van der Waals surface area (Å²) in [5, 5.41) is 3.98. The molecule has 4 nitrogen and oxygen atoms in total.